The molecule has 2 rings (SSSR count). The van der Waals surface area contributed by atoms with Gasteiger partial charge in [-0.1, -0.05) is 6.07 Å². The number of β-amino-alcohol motifs (C(OH)–C–C–N with tert-alkyl or cyclic N) is 1. The molecule has 92 valence electrons. The Morgan fingerprint density at radius 1 is 1.47 bits per heavy atom. The Kier molecular flexibility index (Phi) is 3.38. The summed E-state index contributed by atoms with van der Waals surface area (Å²) in [7, 11) is 0. The van der Waals surface area contributed by atoms with E-state index in [9.17, 15) is 18.7 Å². The highest BCUT2D eigenvalue weighted by molar-refractivity contribution is 5.79. The first-order valence-corrected chi connectivity index (χ1v) is 5.46. The molecular weight excluding hydrogens is 228 g/mol. The first-order chi connectivity index (χ1) is 8.06. The van der Waals surface area contributed by atoms with Gasteiger partial charge in [-0.25, -0.2) is 8.78 Å². The Balaban J connectivity index is 2.03. The zero-order valence-corrected chi connectivity index (χ0v) is 9.20. The number of carbonyl (C=O) groups is 1. The Morgan fingerprint density at radius 2 is 2.24 bits per heavy atom. The molecule has 0 aliphatic carbocycles. The van der Waals surface area contributed by atoms with Crippen molar-refractivity contribution in [1.29, 1.82) is 0 Å². The Hall–Kier alpha value is -1.49. The number of hydrogen-bond acceptors (Lipinski definition) is 2. The van der Waals surface area contributed by atoms with E-state index in [2.05, 4.69) is 0 Å². The van der Waals surface area contributed by atoms with E-state index in [1.54, 1.807) is 0 Å². The quantitative estimate of drug-likeness (QED) is 0.842. The van der Waals surface area contributed by atoms with E-state index in [0.29, 0.717) is 19.5 Å². The SMILES string of the molecule is O=C(Cc1ccc(F)cc1F)N1CC[C@@H](O)C1. The minimum absolute atomic E-state index is 0.0984. The second kappa shape index (κ2) is 4.79. The zero-order chi connectivity index (χ0) is 12.4. The minimum Gasteiger partial charge on any atom is -0.391 e. The second-order valence-corrected chi connectivity index (χ2v) is 4.19. The number of aliphatic hydroxyl groups is 1. The van der Waals surface area contributed by atoms with Crippen molar-refractivity contribution in [2.24, 2.45) is 0 Å². The molecule has 1 atom stereocenters. The topological polar surface area (TPSA) is 40.5 Å². The highest BCUT2D eigenvalue weighted by atomic mass is 19.1. The maximum absolute atomic E-state index is 13.3. The van der Waals surface area contributed by atoms with E-state index >= 15 is 0 Å². The molecule has 0 aromatic heterocycles. The number of carbonyl (C=O) groups excluding carboxylic acids is 1. The molecule has 1 aliphatic rings. The van der Waals surface area contributed by atoms with Gasteiger partial charge in [-0.2, -0.15) is 0 Å². The van der Waals surface area contributed by atoms with Crippen molar-refractivity contribution in [3.8, 4) is 0 Å². The number of aliphatic hydroxyl groups excluding tert-OH is 1. The van der Waals surface area contributed by atoms with E-state index in [-0.39, 0.29) is 17.9 Å². The van der Waals surface area contributed by atoms with Gasteiger partial charge in [0.05, 0.1) is 12.5 Å². The van der Waals surface area contributed by atoms with Gasteiger partial charge in [0, 0.05) is 19.2 Å². The summed E-state index contributed by atoms with van der Waals surface area (Å²) in [6, 6.07) is 3.17. The van der Waals surface area contributed by atoms with Gasteiger partial charge in [0.15, 0.2) is 0 Å². The number of amides is 1. The summed E-state index contributed by atoms with van der Waals surface area (Å²) in [4.78, 5) is 13.2. The zero-order valence-electron chi connectivity index (χ0n) is 9.20. The van der Waals surface area contributed by atoms with Gasteiger partial charge >= 0.3 is 0 Å². The lowest BCUT2D eigenvalue weighted by Crippen LogP contribution is -2.31. The fourth-order valence-corrected chi connectivity index (χ4v) is 1.91. The van der Waals surface area contributed by atoms with Crippen LogP contribution in [0, 0.1) is 11.6 Å². The molecule has 5 heteroatoms. The third-order valence-corrected chi connectivity index (χ3v) is 2.87. The predicted molar refractivity (Wildman–Crippen MR) is 57.3 cm³/mol. The van der Waals surface area contributed by atoms with Crippen LogP contribution in [0.15, 0.2) is 18.2 Å². The lowest BCUT2D eigenvalue weighted by molar-refractivity contribution is -0.129. The summed E-state index contributed by atoms with van der Waals surface area (Å²) in [6.45, 7) is 0.782. The van der Waals surface area contributed by atoms with Gasteiger partial charge in [0.1, 0.15) is 11.6 Å². The molecule has 0 spiro atoms. The van der Waals surface area contributed by atoms with Crippen molar-refractivity contribution < 1.29 is 18.7 Å². The molecule has 1 aromatic carbocycles. The number of halogens is 2. The molecule has 1 aromatic rings. The van der Waals surface area contributed by atoms with Crippen LogP contribution in [0.1, 0.15) is 12.0 Å². The fraction of sp³-hybridized carbons (Fsp3) is 0.417. The smallest absolute Gasteiger partial charge is 0.227 e. The lowest BCUT2D eigenvalue weighted by atomic mass is 10.1. The van der Waals surface area contributed by atoms with Crippen molar-refractivity contribution in [2.75, 3.05) is 13.1 Å². The summed E-state index contributed by atoms with van der Waals surface area (Å²) in [6.07, 6.45) is -0.0340. The van der Waals surface area contributed by atoms with E-state index in [1.807, 2.05) is 0 Å². The van der Waals surface area contributed by atoms with Crippen molar-refractivity contribution >= 4 is 5.91 Å². The predicted octanol–water partition coefficient (Wildman–Crippen LogP) is 1.10. The molecule has 1 fully saturated rings. The maximum Gasteiger partial charge on any atom is 0.227 e. The first-order valence-electron chi connectivity index (χ1n) is 5.46. The molecule has 1 aliphatic heterocycles. The summed E-state index contributed by atoms with van der Waals surface area (Å²) < 4.78 is 26.0. The van der Waals surface area contributed by atoms with E-state index < -0.39 is 17.7 Å². The molecule has 0 saturated carbocycles. The summed E-state index contributed by atoms with van der Waals surface area (Å²) in [5, 5.41) is 9.29. The van der Waals surface area contributed by atoms with Crippen molar-refractivity contribution in [2.45, 2.75) is 18.9 Å². The van der Waals surface area contributed by atoms with Crippen molar-refractivity contribution in [3.05, 3.63) is 35.4 Å². The Morgan fingerprint density at radius 3 is 2.82 bits per heavy atom. The molecule has 1 N–H and O–H groups in total. The molecule has 1 heterocycles. The molecule has 1 saturated heterocycles. The molecule has 0 unspecified atom stereocenters. The average Bonchev–Trinajstić information content (AvgIpc) is 2.69. The lowest BCUT2D eigenvalue weighted by Gasteiger charge is -2.15. The van der Waals surface area contributed by atoms with E-state index in [1.165, 1.54) is 11.0 Å². The molecule has 3 nitrogen and oxygen atoms in total. The second-order valence-electron chi connectivity index (χ2n) is 4.19. The van der Waals surface area contributed by atoms with Crippen molar-refractivity contribution in [3.63, 3.8) is 0 Å². The number of rotatable bonds is 2. The van der Waals surface area contributed by atoms with Gasteiger partial charge in [0.25, 0.3) is 0 Å². The van der Waals surface area contributed by atoms with Crippen LogP contribution in [-0.2, 0) is 11.2 Å². The summed E-state index contributed by atoms with van der Waals surface area (Å²) >= 11 is 0. The third kappa shape index (κ3) is 2.79. The molecule has 17 heavy (non-hydrogen) atoms. The van der Waals surface area contributed by atoms with Crippen LogP contribution in [0.4, 0.5) is 8.78 Å². The number of hydrogen-bond donors (Lipinski definition) is 1. The van der Waals surface area contributed by atoms with Crippen LogP contribution >= 0.6 is 0 Å². The van der Waals surface area contributed by atoms with Crippen LogP contribution in [0.5, 0.6) is 0 Å². The highest BCUT2D eigenvalue weighted by Gasteiger charge is 2.24. The van der Waals surface area contributed by atoms with Crippen LogP contribution in [0.3, 0.4) is 0 Å². The third-order valence-electron chi connectivity index (χ3n) is 2.87. The Labute approximate surface area is 97.7 Å². The first kappa shape index (κ1) is 12.0. The summed E-state index contributed by atoms with van der Waals surface area (Å²) in [5.74, 6) is -1.61. The van der Waals surface area contributed by atoms with Crippen LogP contribution in [0.25, 0.3) is 0 Å². The van der Waals surface area contributed by atoms with Crippen LogP contribution < -0.4 is 0 Å². The number of nitrogens with zero attached hydrogens (tertiary/aromatic N) is 1. The minimum atomic E-state index is -0.710. The van der Waals surface area contributed by atoms with E-state index in [4.69, 9.17) is 0 Å². The van der Waals surface area contributed by atoms with Gasteiger partial charge in [-0.15, -0.1) is 0 Å². The normalized spacial score (nSPS) is 19.7. The fourth-order valence-electron chi connectivity index (χ4n) is 1.91. The molecule has 1 amide bonds. The monoisotopic (exact) mass is 241 g/mol. The molecular formula is C12H13F2NO2. The van der Waals surface area contributed by atoms with Gasteiger partial charge in [-0.3, -0.25) is 4.79 Å². The summed E-state index contributed by atoms with van der Waals surface area (Å²) in [5.41, 5.74) is 0.179. The molecule has 0 radical (unpaired) electrons. The number of benzene rings is 1. The Bertz CT molecular complexity index is 437. The van der Waals surface area contributed by atoms with E-state index in [0.717, 1.165) is 12.1 Å². The van der Waals surface area contributed by atoms with Crippen LogP contribution in [-0.4, -0.2) is 35.1 Å². The van der Waals surface area contributed by atoms with Gasteiger partial charge in [0.2, 0.25) is 5.91 Å². The van der Waals surface area contributed by atoms with Crippen molar-refractivity contribution in [1.82, 2.24) is 4.90 Å². The highest BCUT2D eigenvalue weighted by Crippen LogP contribution is 2.14. The van der Waals surface area contributed by atoms with Gasteiger partial charge in [-0.05, 0) is 18.1 Å². The largest absolute Gasteiger partial charge is 0.391 e. The number of likely N-dealkylation sites (tertiary alicyclic amines) is 1. The standard InChI is InChI=1S/C12H13F2NO2/c13-9-2-1-8(11(14)6-9)5-12(17)15-4-3-10(16)7-15/h1-2,6,10,16H,3-5,7H2/t10-/m1/s1. The molecule has 0 bridgehead atoms. The maximum atomic E-state index is 13.3. The average molecular weight is 241 g/mol. The van der Waals surface area contributed by atoms with Gasteiger partial charge < -0.3 is 10.0 Å². The van der Waals surface area contributed by atoms with Crippen LogP contribution in [0.2, 0.25) is 0 Å².